The highest BCUT2D eigenvalue weighted by molar-refractivity contribution is 4.82. The lowest BCUT2D eigenvalue weighted by atomic mass is 9.99. The average molecular weight is 226 g/mol. The molecule has 94 valence electrons. The van der Waals surface area contributed by atoms with Crippen molar-refractivity contribution in [1.29, 1.82) is 0 Å². The highest BCUT2D eigenvalue weighted by Crippen LogP contribution is 2.21. The van der Waals surface area contributed by atoms with E-state index in [-0.39, 0.29) is 0 Å². The van der Waals surface area contributed by atoms with Crippen LogP contribution in [0, 0.1) is 5.92 Å². The van der Waals surface area contributed by atoms with E-state index in [0.717, 1.165) is 31.7 Å². The lowest BCUT2D eigenvalue weighted by molar-refractivity contribution is 0.132. The Balaban J connectivity index is 1.83. The molecular formula is C13H26N2O. The molecule has 2 fully saturated rings. The fourth-order valence-corrected chi connectivity index (χ4v) is 2.93. The molecule has 3 heteroatoms. The summed E-state index contributed by atoms with van der Waals surface area (Å²) in [5, 5.41) is 3.63. The molecule has 3 nitrogen and oxygen atoms in total. The van der Waals surface area contributed by atoms with Gasteiger partial charge in [-0.15, -0.1) is 0 Å². The third-order valence-corrected chi connectivity index (χ3v) is 4.31. The summed E-state index contributed by atoms with van der Waals surface area (Å²) in [6.07, 6.45) is 3.81. The smallest absolute Gasteiger partial charge is 0.0509 e. The van der Waals surface area contributed by atoms with E-state index < -0.39 is 0 Å². The number of nitrogens with one attached hydrogen (secondary N) is 1. The van der Waals surface area contributed by atoms with Crippen LogP contribution in [0.4, 0.5) is 0 Å². The SMILES string of the molecule is CCC1CCN(C(C)C2CCOC2)CCN1. The van der Waals surface area contributed by atoms with E-state index in [1.54, 1.807) is 0 Å². The standard InChI is InChI=1S/C13H26N2O/c1-3-13-4-7-15(8-6-14-13)11(2)12-5-9-16-10-12/h11-14H,3-10H2,1-2H3. The number of hydrogen-bond acceptors (Lipinski definition) is 3. The first-order valence-electron chi connectivity index (χ1n) is 6.86. The van der Waals surface area contributed by atoms with E-state index >= 15 is 0 Å². The third kappa shape index (κ3) is 2.96. The first-order chi connectivity index (χ1) is 7.81. The third-order valence-electron chi connectivity index (χ3n) is 4.31. The summed E-state index contributed by atoms with van der Waals surface area (Å²) in [5.41, 5.74) is 0. The lowest BCUT2D eigenvalue weighted by Crippen LogP contribution is -2.40. The quantitative estimate of drug-likeness (QED) is 0.789. The molecule has 3 unspecified atom stereocenters. The van der Waals surface area contributed by atoms with Crippen molar-refractivity contribution in [2.45, 2.75) is 45.2 Å². The molecule has 0 aromatic rings. The second-order valence-corrected chi connectivity index (χ2v) is 5.25. The molecule has 2 aliphatic heterocycles. The Bertz CT molecular complexity index is 204. The van der Waals surface area contributed by atoms with Gasteiger partial charge in [0.2, 0.25) is 0 Å². The predicted octanol–water partition coefficient (Wildman–Crippen LogP) is 1.49. The molecule has 2 saturated heterocycles. The topological polar surface area (TPSA) is 24.5 Å². The van der Waals surface area contributed by atoms with Gasteiger partial charge in [0, 0.05) is 31.8 Å². The average Bonchev–Trinajstić information content (AvgIpc) is 2.73. The molecule has 0 bridgehead atoms. The van der Waals surface area contributed by atoms with Gasteiger partial charge >= 0.3 is 0 Å². The van der Waals surface area contributed by atoms with Gasteiger partial charge in [-0.25, -0.2) is 0 Å². The van der Waals surface area contributed by atoms with Crippen LogP contribution in [0.25, 0.3) is 0 Å². The maximum Gasteiger partial charge on any atom is 0.0509 e. The van der Waals surface area contributed by atoms with Gasteiger partial charge in [0.05, 0.1) is 6.61 Å². The van der Waals surface area contributed by atoms with Gasteiger partial charge in [-0.3, -0.25) is 4.90 Å². The van der Waals surface area contributed by atoms with Crippen LogP contribution >= 0.6 is 0 Å². The Morgan fingerprint density at radius 1 is 1.38 bits per heavy atom. The summed E-state index contributed by atoms with van der Waals surface area (Å²) in [6, 6.07) is 1.43. The Labute approximate surface area is 99.5 Å². The zero-order valence-corrected chi connectivity index (χ0v) is 10.7. The zero-order chi connectivity index (χ0) is 11.4. The van der Waals surface area contributed by atoms with Crippen LogP contribution < -0.4 is 5.32 Å². The van der Waals surface area contributed by atoms with Gasteiger partial charge in [-0.2, -0.15) is 0 Å². The number of rotatable bonds is 3. The molecule has 2 heterocycles. The summed E-state index contributed by atoms with van der Waals surface area (Å²) in [5.74, 6) is 0.762. The first-order valence-corrected chi connectivity index (χ1v) is 6.86. The van der Waals surface area contributed by atoms with Crippen molar-refractivity contribution in [1.82, 2.24) is 10.2 Å². The van der Waals surface area contributed by atoms with E-state index in [2.05, 4.69) is 24.1 Å². The van der Waals surface area contributed by atoms with Gasteiger partial charge in [0.25, 0.3) is 0 Å². The van der Waals surface area contributed by atoms with Gasteiger partial charge < -0.3 is 10.1 Å². The first kappa shape index (κ1) is 12.3. The minimum Gasteiger partial charge on any atom is -0.381 e. The Hall–Kier alpha value is -0.120. The van der Waals surface area contributed by atoms with E-state index in [1.807, 2.05) is 0 Å². The molecule has 16 heavy (non-hydrogen) atoms. The van der Waals surface area contributed by atoms with Crippen LogP contribution in [-0.2, 0) is 4.74 Å². The highest BCUT2D eigenvalue weighted by Gasteiger charge is 2.28. The molecule has 0 spiro atoms. The molecule has 2 aliphatic rings. The van der Waals surface area contributed by atoms with E-state index in [0.29, 0.717) is 6.04 Å². The van der Waals surface area contributed by atoms with Gasteiger partial charge in [0.15, 0.2) is 0 Å². The molecule has 0 aromatic heterocycles. The molecule has 0 aliphatic carbocycles. The molecule has 0 saturated carbocycles. The van der Waals surface area contributed by atoms with Crippen molar-refractivity contribution in [3.05, 3.63) is 0 Å². The van der Waals surface area contributed by atoms with Crippen molar-refractivity contribution < 1.29 is 4.74 Å². The van der Waals surface area contributed by atoms with E-state index in [9.17, 15) is 0 Å². The van der Waals surface area contributed by atoms with Crippen LogP contribution in [0.1, 0.15) is 33.1 Å². The number of hydrogen-bond donors (Lipinski definition) is 1. The number of nitrogens with zero attached hydrogens (tertiary/aromatic N) is 1. The number of ether oxygens (including phenoxy) is 1. The summed E-state index contributed by atoms with van der Waals surface area (Å²) >= 11 is 0. The monoisotopic (exact) mass is 226 g/mol. The van der Waals surface area contributed by atoms with Crippen LogP contribution in [0.5, 0.6) is 0 Å². The second-order valence-electron chi connectivity index (χ2n) is 5.25. The lowest BCUT2D eigenvalue weighted by Gasteiger charge is -2.31. The van der Waals surface area contributed by atoms with Crippen molar-refractivity contribution >= 4 is 0 Å². The molecule has 0 aromatic carbocycles. The van der Waals surface area contributed by atoms with Crippen LogP contribution in [-0.4, -0.2) is 49.8 Å². The Morgan fingerprint density at radius 3 is 2.94 bits per heavy atom. The fraction of sp³-hybridized carbons (Fsp3) is 1.00. The Kier molecular flexibility index (Phi) is 4.62. The van der Waals surface area contributed by atoms with Gasteiger partial charge in [0.1, 0.15) is 0 Å². The zero-order valence-electron chi connectivity index (χ0n) is 10.7. The normalized spacial score (nSPS) is 34.9. The predicted molar refractivity (Wildman–Crippen MR) is 66.7 cm³/mol. The van der Waals surface area contributed by atoms with Gasteiger partial charge in [-0.1, -0.05) is 6.92 Å². The maximum absolute atomic E-state index is 5.50. The largest absolute Gasteiger partial charge is 0.381 e. The summed E-state index contributed by atoms with van der Waals surface area (Å²) in [6.45, 7) is 10.2. The van der Waals surface area contributed by atoms with Crippen molar-refractivity contribution in [3.63, 3.8) is 0 Å². The van der Waals surface area contributed by atoms with Crippen molar-refractivity contribution in [2.75, 3.05) is 32.8 Å². The van der Waals surface area contributed by atoms with Crippen LogP contribution in [0.2, 0.25) is 0 Å². The highest BCUT2D eigenvalue weighted by atomic mass is 16.5. The molecule has 1 N–H and O–H groups in total. The summed E-state index contributed by atoms with van der Waals surface area (Å²) < 4.78 is 5.50. The summed E-state index contributed by atoms with van der Waals surface area (Å²) in [7, 11) is 0. The fourth-order valence-electron chi connectivity index (χ4n) is 2.93. The molecular weight excluding hydrogens is 200 g/mol. The van der Waals surface area contributed by atoms with E-state index in [4.69, 9.17) is 4.74 Å². The van der Waals surface area contributed by atoms with Crippen molar-refractivity contribution in [3.8, 4) is 0 Å². The minimum atomic E-state index is 0.694. The molecule has 0 amide bonds. The van der Waals surface area contributed by atoms with Crippen LogP contribution in [0.15, 0.2) is 0 Å². The maximum atomic E-state index is 5.50. The summed E-state index contributed by atoms with van der Waals surface area (Å²) in [4.78, 5) is 2.65. The molecule has 3 atom stereocenters. The molecule has 2 rings (SSSR count). The van der Waals surface area contributed by atoms with Crippen LogP contribution in [0.3, 0.4) is 0 Å². The van der Waals surface area contributed by atoms with Crippen molar-refractivity contribution in [2.24, 2.45) is 5.92 Å². The van der Waals surface area contributed by atoms with Gasteiger partial charge in [-0.05, 0) is 38.6 Å². The Morgan fingerprint density at radius 2 is 2.25 bits per heavy atom. The second kappa shape index (κ2) is 5.99. The minimum absolute atomic E-state index is 0.694. The van der Waals surface area contributed by atoms with E-state index in [1.165, 1.54) is 32.4 Å². The molecule has 0 radical (unpaired) electrons.